The maximum absolute atomic E-state index is 14.2. The number of rotatable bonds is 6. The standard InChI is InChI=1S/C16H18FNO3/c1-2-3-4-5-8-18-14(19)7-6-11-9-12(16(20)21)10-13(17)15(11)18/h6-7,9-10H,2-5,8H2,1H3,(H,20,21). The maximum Gasteiger partial charge on any atom is 0.335 e. The fraction of sp³-hybridized carbons (Fsp3) is 0.375. The second-order valence-corrected chi connectivity index (χ2v) is 5.08. The molecular formula is C16H18FNO3. The van der Waals surface area contributed by atoms with Gasteiger partial charge in [-0.1, -0.05) is 26.2 Å². The lowest BCUT2D eigenvalue weighted by molar-refractivity contribution is 0.0696. The Kier molecular flexibility index (Phi) is 4.73. The second-order valence-electron chi connectivity index (χ2n) is 5.08. The van der Waals surface area contributed by atoms with Gasteiger partial charge >= 0.3 is 5.97 Å². The zero-order valence-electron chi connectivity index (χ0n) is 11.9. The molecular weight excluding hydrogens is 273 g/mol. The first-order valence-corrected chi connectivity index (χ1v) is 7.11. The van der Waals surface area contributed by atoms with E-state index in [-0.39, 0.29) is 16.6 Å². The highest BCUT2D eigenvalue weighted by molar-refractivity contribution is 5.93. The zero-order chi connectivity index (χ0) is 15.4. The third-order valence-electron chi connectivity index (χ3n) is 3.52. The molecule has 0 saturated carbocycles. The average Bonchev–Trinajstić information content (AvgIpc) is 2.45. The van der Waals surface area contributed by atoms with Crippen molar-refractivity contribution in [2.45, 2.75) is 39.2 Å². The summed E-state index contributed by atoms with van der Waals surface area (Å²) >= 11 is 0. The monoisotopic (exact) mass is 291 g/mol. The molecule has 1 heterocycles. The number of carboxylic acid groups (broad SMARTS) is 1. The molecule has 1 aromatic heterocycles. The van der Waals surface area contributed by atoms with Crippen LogP contribution in [0.5, 0.6) is 0 Å². The first-order chi connectivity index (χ1) is 10.0. The number of benzene rings is 1. The van der Waals surface area contributed by atoms with Gasteiger partial charge in [-0.2, -0.15) is 0 Å². The minimum absolute atomic E-state index is 0.115. The molecule has 0 radical (unpaired) electrons. The topological polar surface area (TPSA) is 59.3 Å². The van der Waals surface area contributed by atoms with Gasteiger partial charge in [-0.15, -0.1) is 0 Å². The number of carbonyl (C=O) groups is 1. The summed E-state index contributed by atoms with van der Waals surface area (Å²) in [6.07, 6.45) is 3.94. The van der Waals surface area contributed by atoms with Crippen molar-refractivity contribution >= 4 is 16.9 Å². The molecule has 0 aliphatic carbocycles. The predicted octanol–water partition coefficient (Wildman–Crippen LogP) is 3.42. The molecule has 0 atom stereocenters. The van der Waals surface area contributed by atoms with Gasteiger partial charge in [-0.25, -0.2) is 9.18 Å². The summed E-state index contributed by atoms with van der Waals surface area (Å²) in [6.45, 7) is 2.54. The molecule has 0 bridgehead atoms. The smallest absolute Gasteiger partial charge is 0.335 e. The van der Waals surface area contributed by atoms with Gasteiger partial charge in [0.2, 0.25) is 0 Å². The van der Waals surface area contributed by atoms with Crippen molar-refractivity contribution in [1.82, 2.24) is 4.57 Å². The number of aryl methyl sites for hydroxylation is 1. The van der Waals surface area contributed by atoms with E-state index in [9.17, 15) is 14.0 Å². The van der Waals surface area contributed by atoms with Crippen LogP contribution in [0.3, 0.4) is 0 Å². The van der Waals surface area contributed by atoms with E-state index in [1.807, 2.05) is 0 Å². The highest BCUT2D eigenvalue weighted by atomic mass is 19.1. The minimum atomic E-state index is -1.18. The number of hydrogen-bond acceptors (Lipinski definition) is 2. The molecule has 0 unspecified atom stereocenters. The first kappa shape index (κ1) is 15.2. The Morgan fingerprint density at radius 2 is 2.00 bits per heavy atom. The van der Waals surface area contributed by atoms with Crippen LogP contribution in [0.15, 0.2) is 29.1 Å². The van der Waals surface area contributed by atoms with Crippen LogP contribution in [-0.2, 0) is 6.54 Å². The number of nitrogens with zero attached hydrogens (tertiary/aromatic N) is 1. The van der Waals surface area contributed by atoms with E-state index in [2.05, 4.69) is 6.92 Å². The number of aromatic nitrogens is 1. The van der Waals surface area contributed by atoms with Crippen molar-refractivity contribution in [1.29, 1.82) is 0 Å². The van der Waals surface area contributed by atoms with E-state index in [0.29, 0.717) is 11.9 Å². The lowest BCUT2D eigenvalue weighted by atomic mass is 10.1. The fourth-order valence-electron chi connectivity index (χ4n) is 2.44. The van der Waals surface area contributed by atoms with Crippen molar-refractivity contribution in [3.63, 3.8) is 0 Å². The highest BCUT2D eigenvalue weighted by Gasteiger charge is 2.13. The number of unbranched alkanes of at least 4 members (excludes halogenated alkanes) is 3. The number of carboxylic acids is 1. The maximum atomic E-state index is 14.2. The summed E-state index contributed by atoms with van der Waals surface area (Å²) < 4.78 is 15.6. The molecule has 2 rings (SSSR count). The normalized spacial score (nSPS) is 11.0. The van der Waals surface area contributed by atoms with E-state index < -0.39 is 11.8 Å². The van der Waals surface area contributed by atoms with Gasteiger partial charge in [-0.05, 0) is 24.6 Å². The Morgan fingerprint density at radius 1 is 1.24 bits per heavy atom. The largest absolute Gasteiger partial charge is 0.478 e. The van der Waals surface area contributed by atoms with Crippen LogP contribution in [0.25, 0.3) is 10.9 Å². The van der Waals surface area contributed by atoms with Crippen LogP contribution < -0.4 is 5.56 Å². The van der Waals surface area contributed by atoms with Gasteiger partial charge in [-0.3, -0.25) is 4.79 Å². The van der Waals surface area contributed by atoms with Crippen molar-refractivity contribution in [3.05, 3.63) is 46.0 Å². The summed E-state index contributed by atoms with van der Waals surface area (Å²) in [5.41, 5.74) is -0.193. The summed E-state index contributed by atoms with van der Waals surface area (Å²) in [5, 5.41) is 9.39. The zero-order valence-corrected chi connectivity index (χ0v) is 11.9. The van der Waals surface area contributed by atoms with Gasteiger partial charge in [0, 0.05) is 18.0 Å². The molecule has 0 aliphatic rings. The van der Waals surface area contributed by atoms with Gasteiger partial charge in [0.1, 0.15) is 5.82 Å². The molecule has 0 aliphatic heterocycles. The third kappa shape index (κ3) is 3.29. The Labute approximate surface area is 121 Å². The fourth-order valence-corrected chi connectivity index (χ4v) is 2.44. The molecule has 4 nitrogen and oxygen atoms in total. The first-order valence-electron chi connectivity index (χ1n) is 7.11. The molecule has 21 heavy (non-hydrogen) atoms. The van der Waals surface area contributed by atoms with E-state index >= 15 is 0 Å². The van der Waals surface area contributed by atoms with Crippen molar-refractivity contribution in [2.75, 3.05) is 0 Å². The summed E-state index contributed by atoms with van der Waals surface area (Å²) in [4.78, 5) is 22.9. The Bertz CT molecular complexity index is 721. The number of halogens is 1. The Hall–Kier alpha value is -2.17. The van der Waals surface area contributed by atoms with Crippen LogP contribution in [0.4, 0.5) is 4.39 Å². The van der Waals surface area contributed by atoms with E-state index in [1.165, 1.54) is 22.8 Å². The predicted molar refractivity (Wildman–Crippen MR) is 79.3 cm³/mol. The minimum Gasteiger partial charge on any atom is -0.478 e. The summed E-state index contributed by atoms with van der Waals surface area (Å²) in [6, 6.07) is 5.18. The number of aromatic carboxylic acids is 1. The van der Waals surface area contributed by atoms with E-state index in [4.69, 9.17) is 5.11 Å². The summed E-state index contributed by atoms with van der Waals surface area (Å²) in [7, 11) is 0. The quantitative estimate of drug-likeness (QED) is 0.830. The van der Waals surface area contributed by atoms with Crippen molar-refractivity contribution in [3.8, 4) is 0 Å². The molecule has 1 aromatic carbocycles. The van der Waals surface area contributed by atoms with Gasteiger partial charge < -0.3 is 9.67 Å². The molecule has 0 saturated heterocycles. The van der Waals surface area contributed by atoms with Crippen molar-refractivity contribution < 1.29 is 14.3 Å². The average molecular weight is 291 g/mol. The number of hydrogen-bond donors (Lipinski definition) is 1. The van der Waals surface area contributed by atoms with E-state index in [0.717, 1.165) is 31.7 Å². The van der Waals surface area contributed by atoms with Crippen LogP contribution in [-0.4, -0.2) is 15.6 Å². The van der Waals surface area contributed by atoms with Crippen molar-refractivity contribution in [2.24, 2.45) is 0 Å². The highest BCUT2D eigenvalue weighted by Crippen LogP contribution is 2.19. The van der Waals surface area contributed by atoms with Crippen LogP contribution in [0.2, 0.25) is 0 Å². The van der Waals surface area contributed by atoms with E-state index in [1.54, 1.807) is 0 Å². The second kappa shape index (κ2) is 6.52. The lowest BCUT2D eigenvalue weighted by Crippen LogP contribution is -2.20. The Balaban J connectivity index is 2.46. The third-order valence-corrected chi connectivity index (χ3v) is 3.52. The SMILES string of the molecule is CCCCCCn1c(=O)ccc2cc(C(=O)O)cc(F)c21. The lowest BCUT2D eigenvalue weighted by Gasteiger charge is -2.11. The van der Waals surface area contributed by atoms with Crippen LogP contribution >= 0.6 is 0 Å². The molecule has 5 heteroatoms. The molecule has 0 spiro atoms. The number of fused-ring (bicyclic) bond motifs is 1. The molecule has 0 amide bonds. The molecule has 0 fully saturated rings. The molecule has 1 N–H and O–H groups in total. The molecule has 112 valence electrons. The Morgan fingerprint density at radius 3 is 2.67 bits per heavy atom. The molecule has 2 aromatic rings. The van der Waals surface area contributed by atoms with Crippen LogP contribution in [0.1, 0.15) is 43.0 Å². The number of pyridine rings is 1. The van der Waals surface area contributed by atoms with Crippen LogP contribution in [0, 0.1) is 5.82 Å². The van der Waals surface area contributed by atoms with Gasteiger partial charge in [0.25, 0.3) is 5.56 Å². The van der Waals surface area contributed by atoms with Gasteiger partial charge in [0.15, 0.2) is 0 Å². The summed E-state index contributed by atoms with van der Waals surface area (Å²) in [5.74, 6) is -1.85. The van der Waals surface area contributed by atoms with Gasteiger partial charge in [0.05, 0.1) is 11.1 Å².